The van der Waals surface area contributed by atoms with Gasteiger partial charge in [0.05, 0.1) is 5.69 Å². The van der Waals surface area contributed by atoms with Crippen molar-refractivity contribution in [2.45, 2.75) is 59.0 Å². The van der Waals surface area contributed by atoms with Gasteiger partial charge in [0.15, 0.2) is 0 Å². The fourth-order valence-corrected chi connectivity index (χ4v) is 3.48. The van der Waals surface area contributed by atoms with Crippen molar-refractivity contribution in [3.05, 3.63) is 15.6 Å². The van der Waals surface area contributed by atoms with Crippen molar-refractivity contribution in [1.82, 2.24) is 10.3 Å². The lowest BCUT2D eigenvalue weighted by Crippen LogP contribution is -2.26. The first kappa shape index (κ1) is 12.1. The molecular formula is C13H22N2S. The standard InChI is InChI=1S/C13H22N2S/c1-9(2)7-10(3)14-8-13-15-11-5-4-6-12(11)16-13/h9-10,14H,4-8H2,1-3H3. The topological polar surface area (TPSA) is 24.9 Å². The van der Waals surface area contributed by atoms with E-state index in [1.807, 2.05) is 11.3 Å². The van der Waals surface area contributed by atoms with E-state index in [0.717, 1.165) is 12.5 Å². The van der Waals surface area contributed by atoms with Crippen molar-refractivity contribution in [1.29, 1.82) is 0 Å². The summed E-state index contributed by atoms with van der Waals surface area (Å²) in [7, 11) is 0. The minimum atomic E-state index is 0.596. The molecule has 1 aliphatic carbocycles. The van der Waals surface area contributed by atoms with Crippen molar-refractivity contribution in [2.24, 2.45) is 5.92 Å². The maximum Gasteiger partial charge on any atom is 0.107 e. The van der Waals surface area contributed by atoms with Crippen LogP contribution in [-0.4, -0.2) is 11.0 Å². The molecule has 0 saturated heterocycles. The van der Waals surface area contributed by atoms with E-state index in [1.54, 1.807) is 0 Å². The van der Waals surface area contributed by atoms with Crippen molar-refractivity contribution in [2.75, 3.05) is 0 Å². The quantitative estimate of drug-likeness (QED) is 0.852. The van der Waals surface area contributed by atoms with E-state index in [2.05, 4.69) is 26.1 Å². The average Bonchev–Trinajstić information content (AvgIpc) is 2.72. The molecule has 2 rings (SSSR count). The molecular weight excluding hydrogens is 216 g/mol. The second-order valence-electron chi connectivity index (χ2n) is 5.24. The summed E-state index contributed by atoms with van der Waals surface area (Å²) in [6, 6.07) is 0.596. The van der Waals surface area contributed by atoms with Crippen molar-refractivity contribution < 1.29 is 0 Å². The summed E-state index contributed by atoms with van der Waals surface area (Å²) in [6.45, 7) is 7.76. The van der Waals surface area contributed by atoms with Gasteiger partial charge < -0.3 is 5.32 Å². The number of hydrogen-bond donors (Lipinski definition) is 1. The minimum absolute atomic E-state index is 0.596. The minimum Gasteiger partial charge on any atom is -0.308 e. The van der Waals surface area contributed by atoms with Gasteiger partial charge in [0.2, 0.25) is 0 Å². The molecule has 1 aliphatic rings. The number of thiazole rings is 1. The third kappa shape index (κ3) is 3.05. The van der Waals surface area contributed by atoms with Crippen LogP contribution in [0.1, 0.15) is 49.2 Å². The molecule has 1 N–H and O–H groups in total. The van der Waals surface area contributed by atoms with Crippen LogP contribution in [0.4, 0.5) is 0 Å². The zero-order valence-corrected chi connectivity index (χ0v) is 11.4. The highest BCUT2D eigenvalue weighted by Gasteiger charge is 2.16. The average molecular weight is 238 g/mol. The maximum absolute atomic E-state index is 4.70. The Bertz CT molecular complexity index is 322. The number of nitrogens with zero attached hydrogens (tertiary/aromatic N) is 1. The lowest BCUT2D eigenvalue weighted by molar-refractivity contribution is 0.441. The van der Waals surface area contributed by atoms with Crippen LogP contribution in [0.5, 0.6) is 0 Å². The Hall–Kier alpha value is -0.410. The fraction of sp³-hybridized carbons (Fsp3) is 0.769. The highest BCUT2D eigenvalue weighted by Crippen LogP contribution is 2.27. The first-order valence-corrected chi connectivity index (χ1v) is 7.17. The first-order valence-electron chi connectivity index (χ1n) is 6.36. The highest BCUT2D eigenvalue weighted by molar-refractivity contribution is 7.11. The van der Waals surface area contributed by atoms with Crippen LogP contribution in [0.25, 0.3) is 0 Å². The van der Waals surface area contributed by atoms with Crippen molar-refractivity contribution in [3.63, 3.8) is 0 Å². The van der Waals surface area contributed by atoms with Gasteiger partial charge in [0.25, 0.3) is 0 Å². The lowest BCUT2D eigenvalue weighted by atomic mass is 10.1. The number of fused-ring (bicyclic) bond motifs is 1. The molecule has 0 bridgehead atoms. The summed E-state index contributed by atoms with van der Waals surface area (Å²) in [5.74, 6) is 0.767. The summed E-state index contributed by atoms with van der Waals surface area (Å²) < 4.78 is 0. The van der Waals surface area contributed by atoms with Gasteiger partial charge in [0, 0.05) is 17.5 Å². The number of aromatic nitrogens is 1. The Morgan fingerprint density at radius 2 is 2.12 bits per heavy atom. The zero-order chi connectivity index (χ0) is 11.5. The smallest absolute Gasteiger partial charge is 0.107 e. The molecule has 90 valence electrons. The zero-order valence-electron chi connectivity index (χ0n) is 10.5. The van der Waals surface area contributed by atoms with Gasteiger partial charge in [-0.15, -0.1) is 11.3 Å². The van der Waals surface area contributed by atoms with Gasteiger partial charge in [-0.25, -0.2) is 4.98 Å². The molecule has 0 fully saturated rings. The van der Waals surface area contributed by atoms with Crippen LogP contribution >= 0.6 is 11.3 Å². The van der Waals surface area contributed by atoms with Crippen LogP contribution < -0.4 is 5.32 Å². The molecule has 0 spiro atoms. The highest BCUT2D eigenvalue weighted by atomic mass is 32.1. The summed E-state index contributed by atoms with van der Waals surface area (Å²) in [5, 5.41) is 4.84. The van der Waals surface area contributed by atoms with Gasteiger partial charge in [0.1, 0.15) is 5.01 Å². The van der Waals surface area contributed by atoms with Crippen molar-refractivity contribution in [3.8, 4) is 0 Å². The van der Waals surface area contributed by atoms with Gasteiger partial charge in [-0.1, -0.05) is 13.8 Å². The SMILES string of the molecule is CC(C)CC(C)NCc1nc2c(s1)CCC2. The van der Waals surface area contributed by atoms with E-state index in [1.165, 1.54) is 41.3 Å². The third-order valence-corrected chi connectivity index (χ3v) is 4.22. The van der Waals surface area contributed by atoms with Crippen LogP contribution in [0.3, 0.4) is 0 Å². The monoisotopic (exact) mass is 238 g/mol. The molecule has 1 unspecified atom stereocenters. The van der Waals surface area contributed by atoms with Crippen LogP contribution in [-0.2, 0) is 19.4 Å². The van der Waals surface area contributed by atoms with E-state index in [-0.39, 0.29) is 0 Å². The number of rotatable bonds is 5. The van der Waals surface area contributed by atoms with Crippen LogP contribution in [0, 0.1) is 5.92 Å². The number of aryl methyl sites for hydroxylation is 2. The first-order chi connectivity index (χ1) is 7.65. The van der Waals surface area contributed by atoms with E-state index < -0.39 is 0 Å². The Kier molecular flexibility index (Phi) is 3.98. The number of hydrogen-bond acceptors (Lipinski definition) is 3. The molecule has 0 aliphatic heterocycles. The third-order valence-electron chi connectivity index (χ3n) is 3.07. The fourth-order valence-electron chi connectivity index (χ4n) is 2.37. The molecule has 0 radical (unpaired) electrons. The summed E-state index contributed by atoms with van der Waals surface area (Å²) in [5.41, 5.74) is 1.37. The number of nitrogens with one attached hydrogen (secondary N) is 1. The molecule has 0 amide bonds. The normalized spacial score (nSPS) is 16.8. The summed E-state index contributed by atoms with van der Waals surface area (Å²) in [6.07, 6.45) is 5.01. The molecule has 0 aromatic carbocycles. The summed E-state index contributed by atoms with van der Waals surface area (Å²) in [4.78, 5) is 6.23. The molecule has 1 aromatic rings. The predicted molar refractivity (Wildman–Crippen MR) is 69.9 cm³/mol. The predicted octanol–water partition coefficient (Wildman–Crippen LogP) is 3.16. The maximum atomic E-state index is 4.70. The van der Waals surface area contributed by atoms with Gasteiger partial charge in [-0.2, -0.15) is 0 Å². The Balaban J connectivity index is 1.81. The molecule has 3 heteroatoms. The molecule has 1 atom stereocenters. The van der Waals surface area contributed by atoms with Gasteiger partial charge >= 0.3 is 0 Å². The Morgan fingerprint density at radius 3 is 2.81 bits per heavy atom. The van der Waals surface area contributed by atoms with Gasteiger partial charge in [-0.05, 0) is 38.5 Å². The molecule has 0 saturated carbocycles. The second-order valence-corrected chi connectivity index (χ2v) is 6.41. The Morgan fingerprint density at radius 1 is 1.31 bits per heavy atom. The molecule has 1 aromatic heterocycles. The van der Waals surface area contributed by atoms with Crippen LogP contribution in [0.2, 0.25) is 0 Å². The van der Waals surface area contributed by atoms with E-state index >= 15 is 0 Å². The lowest BCUT2D eigenvalue weighted by Gasteiger charge is -2.14. The molecule has 1 heterocycles. The van der Waals surface area contributed by atoms with E-state index in [4.69, 9.17) is 4.98 Å². The largest absolute Gasteiger partial charge is 0.308 e. The van der Waals surface area contributed by atoms with Crippen molar-refractivity contribution >= 4 is 11.3 Å². The molecule has 16 heavy (non-hydrogen) atoms. The van der Waals surface area contributed by atoms with Gasteiger partial charge in [-0.3, -0.25) is 0 Å². The van der Waals surface area contributed by atoms with Crippen LogP contribution in [0.15, 0.2) is 0 Å². The van der Waals surface area contributed by atoms with E-state index in [9.17, 15) is 0 Å². The second kappa shape index (κ2) is 5.28. The molecule has 2 nitrogen and oxygen atoms in total. The summed E-state index contributed by atoms with van der Waals surface area (Å²) >= 11 is 1.91. The van der Waals surface area contributed by atoms with E-state index in [0.29, 0.717) is 6.04 Å². The Labute approximate surface area is 102 Å².